The predicted molar refractivity (Wildman–Crippen MR) is 126 cm³/mol. The van der Waals surface area contributed by atoms with E-state index in [2.05, 4.69) is 26.9 Å². The number of benzene rings is 1. The third-order valence-electron chi connectivity index (χ3n) is 5.42. The van der Waals surface area contributed by atoms with Crippen LogP contribution in [0.3, 0.4) is 0 Å². The summed E-state index contributed by atoms with van der Waals surface area (Å²) in [7, 11) is 0. The third-order valence-corrected chi connectivity index (χ3v) is 5.61. The van der Waals surface area contributed by atoms with Crippen molar-refractivity contribution in [3.05, 3.63) is 35.5 Å². The maximum atomic E-state index is 12.3. The van der Waals surface area contributed by atoms with Crippen LogP contribution in [0.2, 0.25) is 5.15 Å². The summed E-state index contributed by atoms with van der Waals surface area (Å²) >= 11 is 6.33. The molecule has 0 atom stereocenters. The highest BCUT2D eigenvalue weighted by atomic mass is 35.5. The van der Waals surface area contributed by atoms with Crippen LogP contribution in [0, 0.1) is 0 Å². The number of hydrogen-bond acceptors (Lipinski definition) is 7. The second-order valence-corrected chi connectivity index (χ2v) is 9.36. The van der Waals surface area contributed by atoms with Gasteiger partial charge in [-0.05, 0) is 32.9 Å². The van der Waals surface area contributed by atoms with Gasteiger partial charge in [0, 0.05) is 56.6 Å². The van der Waals surface area contributed by atoms with Crippen molar-refractivity contribution in [1.29, 1.82) is 0 Å². The molecule has 4 rings (SSSR count). The van der Waals surface area contributed by atoms with Crippen LogP contribution >= 0.6 is 11.6 Å². The number of hydrogen-bond donors (Lipinski definition) is 0. The van der Waals surface area contributed by atoms with E-state index in [1.807, 2.05) is 32.9 Å². The van der Waals surface area contributed by atoms with E-state index in [4.69, 9.17) is 26.1 Å². The summed E-state index contributed by atoms with van der Waals surface area (Å²) < 4.78 is 10.9. The SMILES string of the molecule is CC(C)(C)OC(=O)N1CCN(c2cccc(-c3nc(Cl)cc(N4CCOCC4)n3)c2)CC1. The van der Waals surface area contributed by atoms with E-state index in [1.54, 1.807) is 11.0 Å². The first kappa shape index (κ1) is 22.6. The zero-order chi connectivity index (χ0) is 22.7. The number of halogens is 1. The molecule has 2 aliphatic heterocycles. The quantitative estimate of drug-likeness (QED) is 0.648. The molecule has 0 radical (unpaired) electrons. The number of carbonyl (C=O) groups excluding carboxylic acids is 1. The molecule has 1 aromatic carbocycles. The summed E-state index contributed by atoms with van der Waals surface area (Å²) in [4.78, 5) is 27.8. The molecule has 0 N–H and O–H groups in total. The third kappa shape index (κ3) is 5.61. The van der Waals surface area contributed by atoms with Crippen LogP contribution < -0.4 is 9.80 Å². The van der Waals surface area contributed by atoms with Gasteiger partial charge in [0.2, 0.25) is 0 Å². The van der Waals surface area contributed by atoms with Crippen LogP contribution in [0.5, 0.6) is 0 Å². The van der Waals surface area contributed by atoms with Gasteiger partial charge in [-0.3, -0.25) is 0 Å². The van der Waals surface area contributed by atoms with Crippen molar-refractivity contribution >= 4 is 29.2 Å². The highest BCUT2D eigenvalue weighted by Crippen LogP contribution is 2.27. The van der Waals surface area contributed by atoms with Crippen LogP contribution in [0.1, 0.15) is 20.8 Å². The second kappa shape index (κ2) is 9.50. The first-order valence-electron chi connectivity index (χ1n) is 11.0. The molecule has 1 amide bonds. The number of amides is 1. The lowest BCUT2D eigenvalue weighted by Gasteiger charge is -2.36. The average molecular weight is 460 g/mol. The van der Waals surface area contributed by atoms with Gasteiger partial charge >= 0.3 is 6.09 Å². The predicted octanol–water partition coefficient (Wildman–Crippen LogP) is 3.69. The number of rotatable bonds is 3. The summed E-state index contributed by atoms with van der Waals surface area (Å²) in [6, 6.07) is 9.95. The highest BCUT2D eigenvalue weighted by molar-refractivity contribution is 6.29. The maximum absolute atomic E-state index is 12.3. The number of carbonyl (C=O) groups is 1. The number of anilines is 2. The zero-order valence-corrected chi connectivity index (χ0v) is 19.6. The molecule has 32 heavy (non-hydrogen) atoms. The number of piperazine rings is 1. The summed E-state index contributed by atoms with van der Waals surface area (Å²) in [6.07, 6.45) is -0.256. The maximum Gasteiger partial charge on any atom is 0.410 e. The largest absolute Gasteiger partial charge is 0.444 e. The van der Waals surface area contributed by atoms with Crippen molar-refractivity contribution in [1.82, 2.24) is 14.9 Å². The number of aromatic nitrogens is 2. The van der Waals surface area contributed by atoms with Crippen LogP contribution in [0.4, 0.5) is 16.3 Å². The van der Waals surface area contributed by atoms with Crippen molar-refractivity contribution < 1.29 is 14.3 Å². The first-order chi connectivity index (χ1) is 15.3. The molecule has 2 saturated heterocycles. The first-order valence-corrected chi connectivity index (χ1v) is 11.4. The van der Waals surface area contributed by atoms with E-state index < -0.39 is 5.60 Å². The standard InChI is InChI=1S/C23H30ClN5O3/c1-23(2,3)32-22(30)29-9-7-27(8-10-29)18-6-4-5-17(15-18)21-25-19(24)16-20(26-21)28-11-13-31-14-12-28/h4-6,15-16H,7-14H2,1-3H3. The number of ether oxygens (including phenoxy) is 2. The molecule has 0 spiro atoms. The lowest BCUT2D eigenvalue weighted by molar-refractivity contribution is 0.0240. The summed E-state index contributed by atoms with van der Waals surface area (Å²) in [5.74, 6) is 1.42. The Kier molecular flexibility index (Phi) is 6.71. The smallest absolute Gasteiger partial charge is 0.410 e. The fourth-order valence-corrected chi connectivity index (χ4v) is 3.98. The van der Waals surface area contributed by atoms with Gasteiger partial charge in [0.05, 0.1) is 13.2 Å². The Hall–Kier alpha value is -2.58. The lowest BCUT2D eigenvalue weighted by atomic mass is 10.1. The van der Waals surface area contributed by atoms with Crippen LogP contribution in [0.25, 0.3) is 11.4 Å². The van der Waals surface area contributed by atoms with E-state index >= 15 is 0 Å². The molecule has 0 aliphatic carbocycles. The minimum absolute atomic E-state index is 0.256. The van der Waals surface area contributed by atoms with Crippen LogP contribution in [-0.2, 0) is 9.47 Å². The molecule has 0 saturated carbocycles. The van der Waals surface area contributed by atoms with E-state index in [9.17, 15) is 4.79 Å². The minimum Gasteiger partial charge on any atom is -0.444 e. The Bertz CT molecular complexity index is 951. The zero-order valence-electron chi connectivity index (χ0n) is 18.9. The molecule has 3 heterocycles. The van der Waals surface area contributed by atoms with E-state index in [1.165, 1.54) is 0 Å². The van der Waals surface area contributed by atoms with Gasteiger partial charge in [-0.15, -0.1) is 0 Å². The van der Waals surface area contributed by atoms with E-state index in [0.717, 1.165) is 43.2 Å². The summed E-state index contributed by atoms with van der Waals surface area (Å²) in [5.41, 5.74) is 1.50. The van der Waals surface area contributed by atoms with Crippen molar-refractivity contribution in [2.45, 2.75) is 26.4 Å². The average Bonchev–Trinajstić information content (AvgIpc) is 2.78. The fourth-order valence-electron chi connectivity index (χ4n) is 3.80. The Morgan fingerprint density at radius 1 is 1.00 bits per heavy atom. The normalized spacial score (nSPS) is 17.4. The second-order valence-electron chi connectivity index (χ2n) is 8.98. The fraction of sp³-hybridized carbons (Fsp3) is 0.522. The monoisotopic (exact) mass is 459 g/mol. The van der Waals surface area contributed by atoms with Gasteiger partial charge in [0.25, 0.3) is 0 Å². The van der Waals surface area contributed by atoms with Crippen molar-refractivity contribution in [2.24, 2.45) is 0 Å². The molecule has 2 aliphatic rings. The molecule has 172 valence electrons. The molecule has 8 nitrogen and oxygen atoms in total. The molecular formula is C23H30ClN5O3. The Morgan fingerprint density at radius 2 is 1.72 bits per heavy atom. The highest BCUT2D eigenvalue weighted by Gasteiger charge is 2.26. The van der Waals surface area contributed by atoms with Gasteiger partial charge in [0.1, 0.15) is 16.6 Å². The Morgan fingerprint density at radius 3 is 2.41 bits per heavy atom. The molecule has 9 heteroatoms. The van der Waals surface area contributed by atoms with Crippen molar-refractivity contribution in [3.8, 4) is 11.4 Å². The minimum atomic E-state index is -0.487. The topological polar surface area (TPSA) is 71.0 Å². The van der Waals surface area contributed by atoms with Gasteiger partial charge in [-0.2, -0.15) is 0 Å². The van der Waals surface area contributed by atoms with Crippen molar-refractivity contribution in [3.63, 3.8) is 0 Å². The Balaban J connectivity index is 1.47. The molecule has 1 aromatic heterocycles. The van der Waals surface area contributed by atoms with Crippen LogP contribution in [0.15, 0.2) is 30.3 Å². The van der Waals surface area contributed by atoms with Gasteiger partial charge in [-0.25, -0.2) is 14.8 Å². The molecule has 0 bridgehead atoms. The van der Waals surface area contributed by atoms with Crippen LogP contribution in [-0.4, -0.2) is 79.0 Å². The molecule has 2 fully saturated rings. The Labute approximate surface area is 194 Å². The summed E-state index contributed by atoms with van der Waals surface area (Å²) in [6.45, 7) is 11.3. The molecular weight excluding hydrogens is 430 g/mol. The van der Waals surface area contributed by atoms with E-state index in [0.29, 0.717) is 37.3 Å². The number of morpholine rings is 1. The number of nitrogens with zero attached hydrogens (tertiary/aromatic N) is 5. The van der Waals surface area contributed by atoms with Crippen molar-refractivity contribution in [2.75, 3.05) is 62.3 Å². The summed E-state index contributed by atoms with van der Waals surface area (Å²) in [5, 5.41) is 0.424. The lowest BCUT2D eigenvalue weighted by Crippen LogP contribution is -2.50. The van der Waals surface area contributed by atoms with Gasteiger partial charge in [-0.1, -0.05) is 23.7 Å². The van der Waals surface area contributed by atoms with Gasteiger partial charge < -0.3 is 24.2 Å². The van der Waals surface area contributed by atoms with E-state index in [-0.39, 0.29) is 6.09 Å². The van der Waals surface area contributed by atoms with Gasteiger partial charge in [0.15, 0.2) is 5.82 Å². The molecule has 0 unspecified atom stereocenters. The molecule has 2 aromatic rings.